The molecule has 0 saturated carbocycles. The largest absolute Gasteiger partial charge is 0.481 e. The van der Waals surface area contributed by atoms with Crippen molar-refractivity contribution >= 4 is 29.2 Å². The van der Waals surface area contributed by atoms with Crippen molar-refractivity contribution in [1.29, 1.82) is 0 Å². The van der Waals surface area contributed by atoms with Gasteiger partial charge in [-0.3, -0.25) is 4.79 Å². The highest BCUT2D eigenvalue weighted by Gasteiger charge is 2.21. The lowest BCUT2D eigenvalue weighted by Crippen LogP contribution is -2.13. The molecule has 118 valence electrons. The molecule has 3 nitrogen and oxygen atoms in total. The zero-order valence-corrected chi connectivity index (χ0v) is 13.7. The summed E-state index contributed by atoms with van der Waals surface area (Å²) in [6.45, 7) is 0.655. The maximum absolute atomic E-state index is 11.3. The number of aliphatic carboxylic acids is 1. The van der Waals surface area contributed by atoms with Gasteiger partial charge in [0.25, 0.3) is 0 Å². The minimum atomic E-state index is -0.814. The van der Waals surface area contributed by atoms with Gasteiger partial charge in [-0.1, -0.05) is 30.3 Å². The molecule has 1 N–H and O–H groups in total. The van der Waals surface area contributed by atoms with Gasteiger partial charge in [0.05, 0.1) is 6.42 Å². The Kier molecular flexibility index (Phi) is 6.34. The second kappa shape index (κ2) is 8.25. The molecule has 1 unspecified atom stereocenters. The van der Waals surface area contributed by atoms with Crippen molar-refractivity contribution in [2.45, 2.75) is 25.3 Å². The SMILES string of the molecule is O=C(O)CC(c1ccccc1)c1cc(CCCl)cn1CCCl. The summed E-state index contributed by atoms with van der Waals surface area (Å²) in [5.41, 5.74) is 3.09. The summed E-state index contributed by atoms with van der Waals surface area (Å²) in [6.07, 6.45) is 2.84. The molecular weight excluding hydrogens is 321 g/mol. The first-order valence-corrected chi connectivity index (χ1v) is 8.30. The number of nitrogens with zero attached hydrogens (tertiary/aromatic N) is 1. The van der Waals surface area contributed by atoms with E-state index < -0.39 is 5.97 Å². The first kappa shape index (κ1) is 16.9. The van der Waals surface area contributed by atoms with E-state index in [0.717, 1.165) is 23.2 Å². The summed E-state index contributed by atoms with van der Waals surface area (Å²) < 4.78 is 2.05. The van der Waals surface area contributed by atoms with E-state index in [2.05, 4.69) is 10.6 Å². The highest BCUT2D eigenvalue weighted by molar-refractivity contribution is 6.18. The number of carboxylic acids is 1. The van der Waals surface area contributed by atoms with Gasteiger partial charge in [-0.2, -0.15) is 0 Å². The molecule has 0 amide bonds. The lowest BCUT2D eigenvalue weighted by atomic mass is 9.92. The number of carboxylic acid groups (broad SMARTS) is 1. The van der Waals surface area contributed by atoms with Crippen molar-refractivity contribution in [3.05, 3.63) is 59.4 Å². The Bertz CT molecular complexity index is 610. The highest BCUT2D eigenvalue weighted by Crippen LogP contribution is 2.30. The molecular formula is C17H19Cl2NO2. The van der Waals surface area contributed by atoms with E-state index in [0.29, 0.717) is 18.3 Å². The Balaban J connectivity index is 2.43. The molecule has 0 radical (unpaired) electrons. The van der Waals surface area contributed by atoms with E-state index in [9.17, 15) is 9.90 Å². The molecule has 0 aliphatic rings. The lowest BCUT2D eigenvalue weighted by molar-refractivity contribution is -0.137. The van der Waals surface area contributed by atoms with E-state index in [1.165, 1.54) is 0 Å². The van der Waals surface area contributed by atoms with Gasteiger partial charge in [0.15, 0.2) is 0 Å². The number of carbonyl (C=O) groups is 1. The van der Waals surface area contributed by atoms with Crippen molar-refractivity contribution in [2.75, 3.05) is 11.8 Å². The molecule has 0 saturated heterocycles. The first-order valence-electron chi connectivity index (χ1n) is 7.23. The van der Waals surface area contributed by atoms with Crippen LogP contribution in [0.2, 0.25) is 0 Å². The molecule has 0 aliphatic carbocycles. The van der Waals surface area contributed by atoms with Gasteiger partial charge in [0.1, 0.15) is 0 Å². The second-order valence-electron chi connectivity index (χ2n) is 5.16. The molecule has 1 atom stereocenters. The number of aryl methyl sites for hydroxylation is 2. The van der Waals surface area contributed by atoms with Crippen LogP contribution in [0.3, 0.4) is 0 Å². The van der Waals surface area contributed by atoms with Gasteiger partial charge in [-0.15, -0.1) is 23.2 Å². The maximum Gasteiger partial charge on any atom is 0.304 e. The molecule has 2 rings (SSSR count). The van der Waals surface area contributed by atoms with Crippen LogP contribution in [0, 0.1) is 0 Å². The minimum absolute atomic E-state index is 0.0522. The van der Waals surface area contributed by atoms with Crippen LogP contribution < -0.4 is 0 Å². The normalized spacial score (nSPS) is 12.3. The van der Waals surface area contributed by atoms with Crippen LogP contribution >= 0.6 is 23.2 Å². The van der Waals surface area contributed by atoms with Gasteiger partial charge in [0, 0.05) is 36.1 Å². The Labute approximate surface area is 140 Å². The van der Waals surface area contributed by atoms with Crippen LogP contribution in [-0.2, 0) is 17.8 Å². The number of hydrogen-bond donors (Lipinski definition) is 1. The third-order valence-corrected chi connectivity index (χ3v) is 3.99. The Hall–Kier alpha value is -1.45. The zero-order valence-electron chi connectivity index (χ0n) is 12.2. The van der Waals surface area contributed by atoms with E-state index in [1.807, 2.05) is 36.5 Å². The fraction of sp³-hybridized carbons (Fsp3) is 0.353. The van der Waals surface area contributed by atoms with Crippen molar-refractivity contribution in [3.8, 4) is 0 Å². The van der Waals surface area contributed by atoms with Crippen molar-refractivity contribution in [2.24, 2.45) is 0 Å². The van der Waals surface area contributed by atoms with Crippen LogP contribution in [-0.4, -0.2) is 27.4 Å². The number of halogens is 2. The molecule has 0 bridgehead atoms. The van der Waals surface area contributed by atoms with Crippen LogP contribution in [0.25, 0.3) is 0 Å². The monoisotopic (exact) mass is 339 g/mol. The molecule has 1 heterocycles. The summed E-state index contributed by atoms with van der Waals surface area (Å²) >= 11 is 11.7. The van der Waals surface area contributed by atoms with Gasteiger partial charge in [-0.05, 0) is 23.6 Å². The topological polar surface area (TPSA) is 42.2 Å². The van der Waals surface area contributed by atoms with Gasteiger partial charge in [0.2, 0.25) is 0 Å². The lowest BCUT2D eigenvalue weighted by Gasteiger charge is -2.18. The molecule has 1 aromatic carbocycles. The first-order chi connectivity index (χ1) is 10.7. The Morgan fingerprint density at radius 3 is 2.50 bits per heavy atom. The molecule has 0 fully saturated rings. The van der Waals surface area contributed by atoms with Crippen molar-refractivity contribution < 1.29 is 9.90 Å². The smallest absolute Gasteiger partial charge is 0.304 e. The third-order valence-electron chi connectivity index (χ3n) is 3.63. The standard InChI is InChI=1S/C17H19Cl2NO2/c18-7-6-13-10-16(20(12-13)9-8-19)15(11-17(21)22)14-4-2-1-3-5-14/h1-5,10,12,15H,6-9,11H2,(H,21,22). The van der Waals surface area contributed by atoms with Gasteiger partial charge < -0.3 is 9.67 Å². The predicted molar refractivity (Wildman–Crippen MR) is 90.1 cm³/mol. The van der Waals surface area contributed by atoms with E-state index in [4.69, 9.17) is 23.2 Å². The van der Waals surface area contributed by atoms with Crippen molar-refractivity contribution in [3.63, 3.8) is 0 Å². The molecule has 2 aromatic rings. The molecule has 1 aromatic heterocycles. The van der Waals surface area contributed by atoms with E-state index in [1.54, 1.807) is 0 Å². The van der Waals surface area contributed by atoms with Gasteiger partial charge >= 0.3 is 5.97 Å². The fourth-order valence-corrected chi connectivity index (χ4v) is 3.07. The van der Waals surface area contributed by atoms with Crippen LogP contribution in [0.1, 0.15) is 29.2 Å². The minimum Gasteiger partial charge on any atom is -0.481 e. The number of aromatic nitrogens is 1. The zero-order chi connectivity index (χ0) is 15.9. The van der Waals surface area contributed by atoms with Crippen LogP contribution in [0.4, 0.5) is 0 Å². The predicted octanol–water partition coefficient (Wildman–Crippen LogP) is 4.11. The molecule has 22 heavy (non-hydrogen) atoms. The van der Waals surface area contributed by atoms with E-state index >= 15 is 0 Å². The summed E-state index contributed by atoms with van der Waals surface area (Å²) in [5.74, 6) is 0.0212. The molecule has 5 heteroatoms. The molecule has 0 spiro atoms. The quantitative estimate of drug-likeness (QED) is 0.735. The second-order valence-corrected chi connectivity index (χ2v) is 5.91. The van der Waals surface area contributed by atoms with Gasteiger partial charge in [-0.25, -0.2) is 0 Å². The number of benzene rings is 1. The summed E-state index contributed by atoms with van der Waals surface area (Å²) in [4.78, 5) is 11.3. The third kappa shape index (κ3) is 4.28. The average Bonchev–Trinajstić information content (AvgIpc) is 2.89. The number of alkyl halides is 2. The number of rotatable bonds is 8. The summed E-state index contributed by atoms with van der Waals surface area (Å²) in [5, 5.41) is 9.28. The summed E-state index contributed by atoms with van der Waals surface area (Å²) in [6, 6.07) is 11.8. The van der Waals surface area contributed by atoms with Crippen molar-refractivity contribution in [1.82, 2.24) is 4.57 Å². The fourth-order valence-electron chi connectivity index (χ4n) is 2.67. The Morgan fingerprint density at radius 1 is 1.18 bits per heavy atom. The summed E-state index contributed by atoms with van der Waals surface area (Å²) in [7, 11) is 0. The van der Waals surface area contributed by atoms with E-state index in [-0.39, 0.29) is 12.3 Å². The number of hydrogen-bond acceptors (Lipinski definition) is 1. The highest BCUT2D eigenvalue weighted by atomic mass is 35.5. The maximum atomic E-state index is 11.3. The Morgan fingerprint density at radius 2 is 1.91 bits per heavy atom. The average molecular weight is 340 g/mol. The van der Waals surface area contributed by atoms with Crippen LogP contribution in [0.15, 0.2) is 42.6 Å². The molecule has 0 aliphatic heterocycles. The van der Waals surface area contributed by atoms with Crippen LogP contribution in [0.5, 0.6) is 0 Å².